The van der Waals surface area contributed by atoms with E-state index in [0.29, 0.717) is 19.4 Å². The first kappa shape index (κ1) is 28.6. The summed E-state index contributed by atoms with van der Waals surface area (Å²) in [6.45, 7) is 8.33. The highest BCUT2D eigenvalue weighted by Gasteiger charge is 2.38. The number of benzene rings is 3. The normalized spacial score (nSPS) is 16.6. The molecule has 0 saturated carbocycles. The second-order valence-corrected chi connectivity index (χ2v) is 10.7. The molecule has 3 aromatic carbocycles. The Hall–Kier alpha value is -4.39. The number of allylic oxidation sites excluding steroid dienone is 1. The van der Waals surface area contributed by atoms with Crippen molar-refractivity contribution in [2.45, 2.75) is 39.3 Å². The number of primary amides is 1. The number of carbonyl (C=O) groups is 3. The van der Waals surface area contributed by atoms with Crippen LogP contribution >= 0.6 is 0 Å². The first-order valence-corrected chi connectivity index (χ1v) is 13.8. The third kappa shape index (κ3) is 6.60. The summed E-state index contributed by atoms with van der Waals surface area (Å²) in [4.78, 5) is 44.3. The summed E-state index contributed by atoms with van der Waals surface area (Å²) < 4.78 is 0. The van der Waals surface area contributed by atoms with Crippen molar-refractivity contribution in [3.05, 3.63) is 103 Å². The minimum atomic E-state index is -0.865. The smallest absolute Gasteiger partial charge is 0.251 e. The average molecular weight is 539 g/mol. The molecule has 0 spiro atoms. The topological polar surface area (TPSA) is 95.7 Å². The van der Waals surface area contributed by atoms with Gasteiger partial charge in [0, 0.05) is 5.69 Å². The van der Waals surface area contributed by atoms with Crippen molar-refractivity contribution in [1.82, 2.24) is 5.32 Å². The van der Waals surface area contributed by atoms with E-state index < -0.39 is 23.8 Å². The molecule has 40 heavy (non-hydrogen) atoms. The molecule has 1 aliphatic rings. The van der Waals surface area contributed by atoms with Crippen molar-refractivity contribution in [1.29, 1.82) is 0 Å². The number of carbonyl (C=O) groups excluding carboxylic acids is 3. The van der Waals surface area contributed by atoms with Crippen LogP contribution in [-0.2, 0) is 20.9 Å². The van der Waals surface area contributed by atoms with E-state index >= 15 is 0 Å². The van der Waals surface area contributed by atoms with Crippen LogP contribution < -0.4 is 20.9 Å². The second kappa shape index (κ2) is 13.1. The SMILES string of the molecule is C=CC[C@H](C(N)=O)[C@@H](CC(C)C)C(=O)NC1CN(c2ccccc2)c2ccccc2N(Cc2ccccc2)C1=O. The van der Waals surface area contributed by atoms with E-state index in [4.69, 9.17) is 5.73 Å². The van der Waals surface area contributed by atoms with Crippen LogP contribution in [0.3, 0.4) is 0 Å². The number of hydrogen-bond acceptors (Lipinski definition) is 4. The van der Waals surface area contributed by atoms with Crippen LogP contribution in [0.4, 0.5) is 17.1 Å². The van der Waals surface area contributed by atoms with Crippen molar-refractivity contribution in [2.24, 2.45) is 23.5 Å². The maximum absolute atomic E-state index is 14.3. The lowest BCUT2D eigenvalue weighted by Gasteiger charge is -2.30. The number of para-hydroxylation sites is 3. The van der Waals surface area contributed by atoms with Crippen LogP contribution in [0.15, 0.2) is 97.6 Å². The number of nitrogens with two attached hydrogens (primary N) is 1. The lowest BCUT2D eigenvalue weighted by molar-refractivity contribution is -0.135. The average Bonchev–Trinajstić information content (AvgIpc) is 3.06. The molecule has 0 fully saturated rings. The van der Waals surface area contributed by atoms with Crippen LogP contribution in [0.5, 0.6) is 0 Å². The van der Waals surface area contributed by atoms with Crippen LogP contribution in [0.1, 0.15) is 32.3 Å². The van der Waals surface area contributed by atoms with Crippen molar-refractivity contribution < 1.29 is 14.4 Å². The third-order valence-electron chi connectivity index (χ3n) is 7.29. The van der Waals surface area contributed by atoms with Crippen LogP contribution in [0.25, 0.3) is 0 Å². The summed E-state index contributed by atoms with van der Waals surface area (Å²) >= 11 is 0. The fraction of sp³-hybridized carbons (Fsp3) is 0.303. The molecule has 1 heterocycles. The van der Waals surface area contributed by atoms with E-state index in [9.17, 15) is 14.4 Å². The molecule has 3 amide bonds. The van der Waals surface area contributed by atoms with Gasteiger partial charge in [0.2, 0.25) is 11.8 Å². The van der Waals surface area contributed by atoms with Crippen LogP contribution in [0.2, 0.25) is 0 Å². The molecule has 3 aromatic rings. The predicted molar refractivity (Wildman–Crippen MR) is 160 cm³/mol. The Morgan fingerprint density at radius 1 is 0.950 bits per heavy atom. The third-order valence-corrected chi connectivity index (χ3v) is 7.29. The molecule has 7 heteroatoms. The summed E-state index contributed by atoms with van der Waals surface area (Å²) in [6, 6.07) is 26.5. The standard InChI is InChI=1S/C33H38N4O3/c1-4-13-26(31(34)38)27(20-23(2)3)32(39)35-28-22-36(25-16-9-6-10-17-25)29-18-11-12-19-30(29)37(33(28)40)21-24-14-7-5-8-15-24/h4-12,14-19,23,26-28H,1,13,20-22H2,2-3H3,(H2,34,38)(H,35,39)/t26-,27+,28?/m0/s1. The van der Waals surface area contributed by atoms with Crippen molar-refractivity contribution in [2.75, 3.05) is 16.3 Å². The number of amides is 3. The minimum absolute atomic E-state index is 0.145. The highest BCUT2D eigenvalue weighted by atomic mass is 16.2. The second-order valence-electron chi connectivity index (χ2n) is 10.7. The fourth-order valence-corrected chi connectivity index (χ4v) is 5.37. The molecular weight excluding hydrogens is 500 g/mol. The van der Waals surface area contributed by atoms with Gasteiger partial charge in [-0.2, -0.15) is 0 Å². The van der Waals surface area contributed by atoms with Gasteiger partial charge in [-0.25, -0.2) is 0 Å². The Balaban J connectivity index is 1.76. The van der Waals surface area contributed by atoms with E-state index in [2.05, 4.69) is 16.8 Å². The van der Waals surface area contributed by atoms with Gasteiger partial charge in [0.1, 0.15) is 6.04 Å². The summed E-state index contributed by atoms with van der Waals surface area (Å²) in [5, 5.41) is 3.04. The van der Waals surface area contributed by atoms with Crippen LogP contribution in [-0.4, -0.2) is 30.3 Å². The monoisotopic (exact) mass is 538 g/mol. The number of fused-ring (bicyclic) bond motifs is 1. The van der Waals surface area contributed by atoms with Gasteiger partial charge in [-0.15, -0.1) is 6.58 Å². The number of nitrogens with zero attached hydrogens (tertiary/aromatic N) is 2. The summed E-state index contributed by atoms with van der Waals surface area (Å²) in [5.41, 5.74) is 9.25. The molecule has 7 nitrogen and oxygen atoms in total. The lowest BCUT2D eigenvalue weighted by Crippen LogP contribution is -2.54. The molecule has 3 atom stereocenters. The molecule has 0 aliphatic carbocycles. The number of rotatable bonds is 11. The number of nitrogens with one attached hydrogen (secondary N) is 1. The molecule has 0 saturated heterocycles. The Kier molecular flexibility index (Phi) is 9.38. The van der Waals surface area contributed by atoms with Gasteiger partial charge in [-0.05, 0) is 48.6 Å². The van der Waals surface area contributed by atoms with Crippen molar-refractivity contribution in [3.63, 3.8) is 0 Å². The zero-order valence-electron chi connectivity index (χ0n) is 23.2. The van der Waals surface area contributed by atoms with Gasteiger partial charge in [0.25, 0.3) is 5.91 Å². The molecule has 4 rings (SSSR count). The van der Waals surface area contributed by atoms with E-state index in [1.165, 1.54) is 0 Å². The molecule has 0 aromatic heterocycles. The molecule has 1 aliphatic heterocycles. The molecule has 0 radical (unpaired) electrons. The highest BCUT2D eigenvalue weighted by molar-refractivity contribution is 6.04. The predicted octanol–water partition coefficient (Wildman–Crippen LogP) is 5.20. The van der Waals surface area contributed by atoms with Crippen LogP contribution in [0, 0.1) is 17.8 Å². The number of hydrogen-bond donors (Lipinski definition) is 2. The maximum Gasteiger partial charge on any atom is 0.251 e. The van der Waals surface area contributed by atoms with Gasteiger partial charge in [0.05, 0.1) is 36.3 Å². The maximum atomic E-state index is 14.3. The van der Waals surface area contributed by atoms with Crippen molar-refractivity contribution >= 4 is 34.8 Å². The van der Waals surface area contributed by atoms with Gasteiger partial charge in [-0.3, -0.25) is 14.4 Å². The van der Waals surface area contributed by atoms with Crippen molar-refractivity contribution in [3.8, 4) is 0 Å². The summed E-state index contributed by atoms with van der Waals surface area (Å²) in [7, 11) is 0. The van der Waals surface area contributed by atoms with E-state index in [1.807, 2.05) is 98.8 Å². The van der Waals surface area contributed by atoms with Gasteiger partial charge in [0.15, 0.2) is 0 Å². The molecular formula is C33H38N4O3. The van der Waals surface area contributed by atoms with Gasteiger partial charge < -0.3 is 20.9 Å². The Labute approximate surface area is 236 Å². The molecule has 1 unspecified atom stereocenters. The largest absolute Gasteiger partial charge is 0.369 e. The quantitative estimate of drug-likeness (QED) is 0.328. The van der Waals surface area contributed by atoms with E-state index in [0.717, 1.165) is 22.6 Å². The van der Waals surface area contributed by atoms with E-state index in [-0.39, 0.29) is 24.3 Å². The minimum Gasteiger partial charge on any atom is -0.369 e. The molecule has 0 bridgehead atoms. The lowest BCUT2D eigenvalue weighted by atomic mass is 9.82. The van der Waals surface area contributed by atoms with Gasteiger partial charge >= 0.3 is 0 Å². The summed E-state index contributed by atoms with van der Waals surface area (Å²) in [5.74, 6) is -2.35. The number of anilines is 3. The fourth-order valence-electron chi connectivity index (χ4n) is 5.37. The Morgan fingerprint density at radius 3 is 2.15 bits per heavy atom. The first-order valence-electron chi connectivity index (χ1n) is 13.8. The molecule has 208 valence electrons. The zero-order valence-corrected chi connectivity index (χ0v) is 23.2. The first-order chi connectivity index (χ1) is 19.3. The zero-order chi connectivity index (χ0) is 28.6. The summed E-state index contributed by atoms with van der Waals surface area (Å²) in [6.07, 6.45) is 2.37. The molecule has 3 N–H and O–H groups in total. The Bertz CT molecular complexity index is 1330. The van der Waals surface area contributed by atoms with E-state index in [1.54, 1.807) is 11.0 Å². The Morgan fingerprint density at radius 2 is 1.55 bits per heavy atom. The highest BCUT2D eigenvalue weighted by Crippen LogP contribution is 2.38. The van der Waals surface area contributed by atoms with Gasteiger partial charge in [-0.1, -0.05) is 80.6 Å².